The van der Waals surface area contributed by atoms with Crippen LogP contribution < -0.4 is 5.32 Å². The standard InChI is InChI=1S/C21H21N5O2S/c1-14-19(12-23-20(27)5-4-17-3-2-8-29-17)18-6-7-26(13-16(18)9-22-14)21(28)15-10-24-25-11-15/h2-5,8-11H,6-7,12-13H2,1H3,(H,23,27)(H,24,25). The van der Waals surface area contributed by atoms with Gasteiger partial charge in [0, 0.05) is 48.7 Å². The summed E-state index contributed by atoms with van der Waals surface area (Å²) in [7, 11) is 0. The van der Waals surface area contributed by atoms with Crippen LogP contribution in [0.3, 0.4) is 0 Å². The van der Waals surface area contributed by atoms with Gasteiger partial charge in [0.1, 0.15) is 0 Å². The number of fused-ring (bicyclic) bond motifs is 1. The molecule has 8 heteroatoms. The molecule has 0 unspecified atom stereocenters. The number of thiophene rings is 1. The maximum absolute atomic E-state index is 12.6. The number of carbonyl (C=O) groups is 2. The molecule has 3 aromatic rings. The summed E-state index contributed by atoms with van der Waals surface area (Å²) in [5, 5.41) is 11.5. The maximum atomic E-state index is 12.6. The normalized spacial score (nSPS) is 13.5. The van der Waals surface area contributed by atoms with Crippen molar-refractivity contribution in [3.8, 4) is 0 Å². The molecule has 29 heavy (non-hydrogen) atoms. The van der Waals surface area contributed by atoms with Crippen molar-refractivity contribution in [1.82, 2.24) is 25.4 Å². The second-order valence-electron chi connectivity index (χ2n) is 6.86. The van der Waals surface area contributed by atoms with Crippen LogP contribution in [0.1, 0.15) is 37.6 Å². The zero-order chi connectivity index (χ0) is 20.2. The quantitative estimate of drug-likeness (QED) is 0.636. The molecule has 0 atom stereocenters. The minimum Gasteiger partial charge on any atom is -0.348 e. The Labute approximate surface area is 172 Å². The number of hydrogen-bond donors (Lipinski definition) is 2. The topological polar surface area (TPSA) is 91.0 Å². The van der Waals surface area contributed by atoms with Crippen LogP contribution in [0.15, 0.2) is 42.2 Å². The largest absolute Gasteiger partial charge is 0.348 e. The van der Waals surface area contributed by atoms with Gasteiger partial charge in [-0.3, -0.25) is 19.7 Å². The molecule has 0 saturated heterocycles. The smallest absolute Gasteiger partial charge is 0.257 e. The van der Waals surface area contributed by atoms with Crippen LogP contribution in [0.2, 0.25) is 0 Å². The fourth-order valence-corrected chi connectivity index (χ4v) is 4.08. The van der Waals surface area contributed by atoms with Crippen LogP contribution in [0.4, 0.5) is 0 Å². The Bertz CT molecular complexity index is 1040. The van der Waals surface area contributed by atoms with E-state index in [0.29, 0.717) is 25.2 Å². The maximum Gasteiger partial charge on any atom is 0.257 e. The van der Waals surface area contributed by atoms with Crippen LogP contribution >= 0.6 is 11.3 Å². The third-order valence-electron chi connectivity index (χ3n) is 5.01. The highest BCUT2D eigenvalue weighted by atomic mass is 32.1. The number of carbonyl (C=O) groups excluding carboxylic acids is 2. The predicted octanol–water partition coefficient (Wildman–Crippen LogP) is 2.70. The van der Waals surface area contributed by atoms with E-state index >= 15 is 0 Å². The van der Waals surface area contributed by atoms with Gasteiger partial charge in [-0.05, 0) is 47.6 Å². The van der Waals surface area contributed by atoms with Gasteiger partial charge >= 0.3 is 0 Å². The van der Waals surface area contributed by atoms with E-state index in [0.717, 1.165) is 28.1 Å². The van der Waals surface area contributed by atoms with Gasteiger partial charge in [-0.2, -0.15) is 5.10 Å². The summed E-state index contributed by atoms with van der Waals surface area (Å²) in [6.07, 6.45) is 9.08. The minimum absolute atomic E-state index is 0.0430. The number of hydrogen-bond acceptors (Lipinski definition) is 5. The Morgan fingerprint density at radius 2 is 2.28 bits per heavy atom. The van der Waals surface area contributed by atoms with Crippen LogP contribution in [0.25, 0.3) is 6.08 Å². The van der Waals surface area contributed by atoms with E-state index in [1.807, 2.05) is 36.7 Å². The lowest BCUT2D eigenvalue weighted by Gasteiger charge is -2.30. The first-order chi connectivity index (χ1) is 14.1. The number of H-pyrrole nitrogens is 1. The van der Waals surface area contributed by atoms with E-state index in [2.05, 4.69) is 20.5 Å². The summed E-state index contributed by atoms with van der Waals surface area (Å²) < 4.78 is 0. The summed E-state index contributed by atoms with van der Waals surface area (Å²) in [4.78, 5) is 32.1. The van der Waals surface area contributed by atoms with Crippen molar-refractivity contribution in [2.24, 2.45) is 0 Å². The van der Waals surface area contributed by atoms with Gasteiger partial charge in [0.2, 0.25) is 5.91 Å². The molecule has 4 heterocycles. The molecule has 1 aliphatic rings. The molecule has 0 aromatic carbocycles. The number of nitrogens with one attached hydrogen (secondary N) is 2. The zero-order valence-corrected chi connectivity index (χ0v) is 16.8. The summed E-state index contributed by atoms with van der Waals surface area (Å²) in [6, 6.07) is 3.92. The molecule has 0 spiro atoms. The molecule has 0 fully saturated rings. The highest BCUT2D eigenvalue weighted by Crippen LogP contribution is 2.25. The Kier molecular flexibility index (Phi) is 5.53. The number of rotatable bonds is 5. The molecule has 0 aliphatic carbocycles. The number of aryl methyl sites for hydroxylation is 1. The molecule has 2 amide bonds. The van der Waals surface area contributed by atoms with Crippen molar-refractivity contribution in [1.29, 1.82) is 0 Å². The highest BCUT2D eigenvalue weighted by molar-refractivity contribution is 7.10. The summed E-state index contributed by atoms with van der Waals surface area (Å²) in [5.74, 6) is -0.179. The second-order valence-corrected chi connectivity index (χ2v) is 7.84. The molecular formula is C21H21N5O2S. The first-order valence-corrected chi connectivity index (χ1v) is 10.2. The van der Waals surface area contributed by atoms with Gasteiger partial charge in [-0.15, -0.1) is 11.3 Å². The van der Waals surface area contributed by atoms with E-state index in [1.165, 1.54) is 11.8 Å². The molecule has 1 aliphatic heterocycles. The van der Waals surface area contributed by atoms with Crippen molar-refractivity contribution in [2.45, 2.75) is 26.4 Å². The fourth-order valence-electron chi connectivity index (χ4n) is 3.46. The number of pyridine rings is 1. The SMILES string of the molecule is Cc1ncc2c(c1CNC(=O)C=Cc1cccs1)CCN(C(=O)c1cn[nH]c1)C2. The highest BCUT2D eigenvalue weighted by Gasteiger charge is 2.25. The predicted molar refractivity (Wildman–Crippen MR) is 111 cm³/mol. The Balaban J connectivity index is 1.45. The van der Waals surface area contributed by atoms with Gasteiger partial charge in [-0.25, -0.2) is 0 Å². The average Bonchev–Trinajstić information content (AvgIpc) is 3.44. The number of nitrogens with zero attached hydrogens (tertiary/aromatic N) is 3. The molecule has 0 bridgehead atoms. The van der Waals surface area contributed by atoms with Gasteiger partial charge < -0.3 is 10.2 Å². The molecule has 2 N–H and O–H groups in total. The van der Waals surface area contributed by atoms with Crippen molar-refractivity contribution < 1.29 is 9.59 Å². The molecular weight excluding hydrogens is 386 g/mol. The number of aromatic amines is 1. The van der Waals surface area contributed by atoms with Crippen molar-refractivity contribution >= 4 is 29.2 Å². The lowest BCUT2D eigenvalue weighted by molar-refractivity contribution is -0.116. The average molecular weight is 407 g/mol. The summed E-state index contributed by atoms with van der Waals surface area (Å²) in [6.45, 7) is 3.50. The third kappa shape index (κ3) is 4.27. The molecule has 0 saturated carbocycles. The van der Waals surface area contributed by atoms with Crippen molar-refractivity contribution in [2.75, 3.05) is 6.54 Å². The van der Waals surface area contributed by atoms with Crippen molar-refractivity contribution in [3.05, 3.63) is 75.0 Å². The molecule has 3 aromatic heterocycles. The zero-order valence-electron chi connectivity index (χ0n) is 16.0. The molecule has 4 rings (SSSR count). The summed E-state index contributed by atoms with van der Waals surface area (Å²) >= 11 is 1.59. The second kappa shape index (κ2) is 8.40. The number of aromatic nitrogens is 3. The van der Waals surface area contributed by atoms with E-state index < -0.39 is 0 Å². The van der Waals surface area contributed by atoms with E-state index in [1.54, 1.807) is 28.5 Å². The first kappa shape index (κ1) is 19.1. The monoisotopic (exact) mass is 407 g/mol. The Morgan fingerprint density at radius 3 is 3.03 bits per heavy atom. The summed E-state index contributed by atoms with van der Waals surface area (Å²) in [5.41, 5.74) is 4.70. The first-order valence-electron chi connectivity index (χ1n) is 9.35. The van der Waals surface area contributed by atoms with Crippen LogP contribution in [-0.4, -0.2) is 38.4 Å². The van der Waals surface area contributed by atoms with Gasteiger partial charge in [0.15, 0.2) is 0 Å². The third-order valence-corrected chi connectivity index (χ3v) is 5.85. The van der Waals surface area contributed by atoms with Crippen LogP contribution in [0, 0.1) is 6.92 Å². The van der Waals surface area contributed by atoms with Gasteiger partial charge in [0.25, 0.3) is 5.91 Å². The van der Waals surface area contributed by atoms with Gasteiger partial charge in [-0.1, -0.05) is 6.07 Å². The lowest BCUT2D eigenvalue weighted by atomic mass is 9.94. The molecule has 148 valence electrons. The van der Waals surface area contributed by atoms with Crippen LogP contribution in [-0.2, 0) is 24.3 Å². The minimum atomic E-state index is -0.136. The van der Waals surface area contributed by atoms with E-state index in [4.69, 9.17) is 0 Å². The fraction of sp³-hybridized carbons (Fsp3) is 0.238. The lowest BCUT2D eigenvalue weighted by Crippen LogP contribution is -2.37. The number of amides is 2. The Hall–Kier alpha value is -3.26. The molecule has 7 nitrogen and oxygen atoms in total. The van der Waals surface area contributed by atoms with E-state index in [-0.39, 0.29) is 11.8 Å². The Morgan fingerprint density at radius 1 is 1.38 bits per heavy atom. The van der Waals surface area contributed by atoms with Crippen LogP contribution in [0.5, 0.6) is 0 Å². The van der Waals surface area contributed by atoms with Crippen molar-refractivity contribution in [3.63, 3.8) is 0 Å². The molecule has 0 radical (unpaired) electrons. The van der Waals surface area contributed by atoms with E-state index in [9.17, 15) is 9.59 Å². The van der Waals surface area contributed by atoms with Gasteiger partial charge in [0.05, 0.1) is 11.8 Å².